The van der Waals surface area contributed by atoms with Gasteiger partial charge in [-0.15, -0.1) is 0 Å². The lowest BCUT2D eigenvalue weighted by Crippen LogP contribution is -2.37. The average Bonchev–Trinajstić information content (AvgIpc) is 2.61. The van der Waals surface area contributed by atoms with E-state index in [-0.39, 0.29) is 13.0 Å². The zero-order valence-electron chi connectivity index (χ0n) is 8.24. The molecule has 1 atom stereocenters. The quantitative estimate of drug-likeness (QED) is 0.777. The number of amides is 1. The molecule has 0 spiro atoms. The van der Waals surface area contributed by atoms with Gasteiger partial charge in [-0.05, 0) is 6.42 Å². The highest BCUT2D eigenvalue weighted by atomic mass is 19.4. The minimum atomic E-state index is -4.41. The molecule has 8 heteroatoms. The summed E-state index contributed by atoms with van der Waals surface area (Å²) in [5, 5.41) is 3.50. The zero-order chi connectivity index (χ0) is 12.3. The number of aromatic nitrogens is 2. The molecule has 0 radical (unpaired) electrons. The van der Waals surface area contributed by atoms with Crippen LogP contribution in [0.5, 0.6) is 0 Å². The van der Waals surface area contributed by atoms with E-state index >= 15 is 0 Å². The first-order valence-corrected chi connectivity index (χ1v) is 4.45. The second kappa shape index (κ2) is 4.52. The molecule has 0 bridgehead atoms. The van der Waals surface area contributed by atoms with Crippen LogP contribution in [0.25, 0.3) is 0 Å². The second-order valence-electron chi connectivity index (χ2n) is 3.29. The van der Waals surface area contributed by atoms with E-state index in [1.54, 1.807) is 0 Å². The third-order valence-electron chi connectivity index (χ3n) is 2.00. The predicted octanol–water partition coefficient (Wildman–Crippen LogP) is 0.105. The molecular weight excluding hydrogens is 225 g/mol. The molecule has 1 rings (SSSR count). The van der Waals surface area contributed by atoms with Gasteiger partial charge in [0.1, 0.15) is 0 Å². The van der Waals surface area contributed by atoms with E-state index in [0.29, 0.717) is 0 Å². The summed E-state index contributed by atoms with van der Waals surface area (Å²) < 4.78 is 37.6. The van der Waals surface area contributed by atoms with E-state index in [2.05, 4.69) is 5.10 Å². The summed E-state index contributed by atoms with van der Waals surface area (Å²) in [6.45, 7) is 0.111. The third-order valence-corrected chi connectivity index (χ3v) is 2.00. The molecule has 0 saturated carbocycles. The van der Waals surface area contributed by atoms with Gasteiger partial charge >= 0.3 is 6.18 Å². The van der Waals surface area contributed by atoms with Crippen LogP contribution >= 0.6 is 0 Å². The van der Waals surface area contributed by atoms with E-state index in [4.69, 9.17) is 11.5 Å². The zero-order valence-corrected chi connectivity index (χ0v) is 8.24. The van der Waals surface area contributed by atoms with Crippen molar-refractivity contribution in [2.75, 3.05) is 0 Å². The van der Waals surface area contributed by atoms with Crippen LogP contribution < -0.4 is 11.5 Å². The first-order chi connectivity index (χ1) is 7.30. The number of nitrogens with two attached hydrogens (primary N) is 2. The van der Waals surface area contributed by atoms with Crippen molar-refractivity contribution in [3.63, 3.8) is 0 Å². The molecule has 0 aliphatic carbocycles. The summed E-state index contributed by atoms with van der Waals surface area (Å²) in [6, 6.07) is -0.876. The van der Waals surface area contributed by atoms with Gasteiger partial charge in [-0.1, -0.05) is 0 Å². The molecule has 0 aliphatic rings. The van der Waals surface area contributed by atoms with Crippen LogP contribution in [0.3, 0.4) is 0 Å². The van der Waals surface area contributed by atoms with E-state index in [9.17, 15) is 18.0 Å². The standard InChI is InChI=1S/C8H11F3N4O/c9-8(10,11)5-3-14-15(4-5)2-1-6(12)7(13)16/h3-4,6H,1-2,12H2,(H2,13,16). The Labute approximate surface area is 89.2 Å². The highest BCUT2D eigenvalue weighted by molar-refractivity contribution is 5.79. The van der Waals surface area contributed by atoms with Crippen LogP contribution in [0.1, 0.15) is 12.0 Å². The lowest BCUT2D eigenvalue weighted by molar-refractivity contribution is -0.137. The lowest BCUT2D eigenvalue weighted by Gasteiger charge is -2.06. The van der Waals surface area contributed by atoms with Crippen LogP contribution in [0.2, 0.25) is 0 Å². The van der Waals surface area contributed by atoms with Gasteiger partial charge in [0.25, 0.3) is 0 Å². The lowest BCUT2D eigenvalue weighted by atomic mass is 10.2. The van der Waals surface area contributed by atoms with Gasteiger partial charge in [0.15, 0.2) is 0 Å². The monoisotopic (exact) mass is 236 g/mol. The summed E-state index contributed by atoms with van der Waals surface area (Å²) in [7, 11) is 0. The van der Waals surface area contributed by atoms with Gasteiger partial charge < -0.3 is 11.5 Å². The summed E-state index contributed by atoms with van der Waals surface area (Å²) in [5.41, 5.74) is 9.39. The van der Waals surface area contributed by atoms with E-state index < -0.39 is 23.7 Å². The van der Waals surface area contributed by atoms with Crippen LogP contribution in [0.4, 0.5) is 13.2 Å². The Morgan fingerprint density at radius 3 is 2.62 bits per heavy atom. The molecule has 0 aromatic carbocycles. The number of aryl methyl sites for hydroxylation is 1. The number of nitrogens with zero attached hydrogens (tertiary/aromatic N) is 2. The Hall–Kier alpha value is -1.57. The molecular formula is C8H11F3N4O. The third kappa shape index (κ3) is 3.23. The van der Waals surface area contributed by atoms with Crippen LogP contribution in [0.15, 0.2) is 12.4 Å². The minimum absolute atomic E-state index is 0.111. The molecule has 0 saturated heterocycles. The van der Waals surface area contributed by atoms with Gasteiger partial charge in [-0.25, -0.2) is 0 Å². The maximum absolute atomic E-state index is 12.2. The maximum atomic E-state index is 12.2. The first-order valence-electron chi connectivity index (χ1n) is 4.45. The Bertz CT molecular complexity index is 374. The topological polar surface area (TPSA) is 86.9 Å². The van der Waals surface area contributed by atoms with Gasteiger partial charge in [0.2, 0.25) is 5.91 Å². The average molecular weight is 236 g/mol. The predicted molar refractivity (Wildman–Crippen MR) is 49.0 cm³/mol. The summed E-state index contributed by atoms with van der Waals surface area (Å²) in [6.07, 6.45) is -2.69. The van der Waals surface area contributed by atoms with E-state index in [1.165, 1.54) is 0 Å². The number of carbonyl (C=O) groups excluding carboxylic acids is 1. The minimum Gasteiger partial charge on any atom is -0.368 e. The molecule has 1 heterocycles. The van der Waals surface area contributed by atoms with Gasteiger partial charge in [0, 0.05) is 12.7 Å². The number of hydrogen-bond donors (Lipinski definition) is 2. The summed E-state index contributed by atoms with van der Waals surface area (Å²) in [4.78, 5) is 10.6. The Morgan fingerprint density at radius 1 is 1.56 bits per heavy atom. The van der Waals surface area contributed by atoms with Crippen LogP contribution in [-0.2, 0) is 17.5 Å². The van der Waals surface area contributed by atoms with Crippen molar-refractivity contribution in [2.24, 2.45) is 11.5 Å². The van der Waals surface area contributed by atoms with Gasteiger partial charge in [-0.2, -0.15) is 18.3 Å². The number of primary amides is 1. The molecule has 0 fully saturated rings. The molecule has 4 N–H and O–H groups in total. The van der Waals surface area contributed by atoms with Crippen molar-refractivity contribution in [3.05, 3.63) is 18.0 Å². The highest BCUT2D eigenvalue weighted by Gasteiger charge is 2.32. The van der Waals surface area contributed by atoms with Crippen molar-refractivity contribution >= 4 is 5.91 Å². The van der Waals surface area contributed by atoms with Crippen LogP contribution in [0, 0.1) is 0 Å². The number of halogens is 3. The van der Waals surface area contributed by atoms with Crippen LogP contribution in [-0.4, -0.2) is 21.7 Å². The number of rotatable bonds is 4. The van der Waals surface area contributed by atoms with Gasteiger partial charge in [-0.3, -0.25) is 9.48 Å². The number of carbonyl (C=O) groups is 1. The van der Waals surface area contributed by atoms with Crippen molar-refractivity contribution in [1.82, 2.24) is 9.78 Å². The molecule has 5 nitrogen and oxygen atoms in total. The molecule has 1 unspecified atom stereocenters. The number of alkyl halides is 3. The molecule has 0 aliphatic heterocycles. The molecule has 1 aromatic heterocycles. The fourth-order valence-corrected chi connectivity index (χ4v) is 1.05. The Balaban J connectivity index is 2.57. The van der Waals surface area contributed by atoms with Crippen molar-refractivity contribution in [3.8, 4) is 0 Å². The molecule has 1 amide bonds. The van der Waals surface area contributed by atoms with Crippen molar-refractivity contribution < 1.29 is 18.0 Å². The summed E-state index contributed by atoms with van der Waals surface area (Å²) in [5.74, 6) is -0.691. The van der Waals surface area contributed by atoms with E-state index in [0.717, 1.165) is 17.1 Å². The second-order valence-corrected chi connectivity index (χ2v) is 3.29. The SMILES string of the molecule is NC(=O)C(N)CCn1cc(C(F)(F)F)cn1. The Kier molecular flexibility index (Phi) is 3.53. The molecule has 90 valence electrons. The van der Waals surface area contributed by atoms with E-state index in [1.807, 2.05) is 0 Å². The smallest absolute Gasteiger partial charge is 0.368 e. The largest absolute Gasteiger partial charge is 0.419 e. The molecule has 16 heavy (non-hydrogen) atoms. The maximum Gasteiger partial charge on any atom is 0.419 e. The Morgan fingerprint density at radius 2 is 2.19 bits per heavy atom. The van der Waals surface area contributed by atoms with Crippen molar-refractivity contribution in [2.45, 2.75) is 25.2 Å². The summed E-state index contributed by atoms with van der Waals surface area (Å²) >= 11 is 0. The van der Waals surface area contributed by atoms with Gasteiger partial charge in [0.05, 0.1) is 17.8 Å². The normalized spacial score (nSPS) is 13.8. The van der Waals surface area contributed by atoms with Crippen molar-refractivity contribution in [1.29, 1.82) is 0 Å². The fourth-order valence-electron chi connectivity index (χ4n) is 1.05. The fraction of sp³-hybridized carbons (Fsp3) is 0.500. The number of hydrogen-bond acceptors (Lipinski definition) is 3. The first kappa shape index (κ1) is 12.5. The highest BCUT2D eigenvalue weighted by Crippen LogP contribution is 2.28. The molecule has 1 aromatic rings.